The van der Waals surface area contributed by atoms with Gasteiger partial charge in [0.2, 0.25) is 0 Å². The predicted molar refractivity (Wildman–Crippen MR) is 115 cm³/mol. The van der Waals surface area contributed by atoms with Crippen molar-refractivity contribution in [2.24, 2.45) is 10.9 Å². The number of nitrogens with zero attached hydrogens (tertiary/aromatic N) is 3. The molecule has 8 heteroatoms. The Bertz CT molecular complexity index is 653. The zero-order chi connectivity index (χ0) is 20.7. The van der Waals surface area contributed by atoms with Crippen LogP contribution in [-0.4, -0.2) is 53.7 Å². The van der Waals surface area contributed by atoms with Crippen molar-refractivity contribution in [1.82, 2.24) is 20.5 Å². The van der Waals surface area contributed by atoms with E-state index in [-0.39, 0.29) is 6.09 Å². The number of aromatic nitrogens is 1. The van der Waals surface area contributed by atoms with Crippen LogP contribution in [0.1, 0.15) is 56.1 Å². The van der Waals surface area contributed by atoms with Gasteiger partial charge in [0.05, 0.1) is 12.2 Å². The second-order valence-electron chi connectivity index (χ2n) is 8.24. The van der Waals surface area contributed by atoms with Crippen LogP contribution in [0.5, 0.6) is 0 Å². The molecule has 0 spiro atoms. The van der Waals surface area contributed by atoms with Gasteiger partial charge in [-0.25, -0.2) is 14.8 Å². The number of aryl methyl sites for hydroxylation is 2. The first-order chi connectivity index (χ1) is 13.2. The van der Waals surface area contributed by atoms with E-state index < -0.39 is 5.60 Å². The van der Waals surface area contributed by atoms with Gasteiger partial charge in [-0.05, 0) is 60.3 Å². The Kier molecular flexibility index (Phi) is 8.10. The second-order valence-corrected chi connectivity index (χ2v) is 9.52. The molecular weight excluding hydrogens is 374 g/mol. The van der Waals surface area contributed by atoms with Crippen LogP contribution in [0, 0.1) is 19.8 Å². The molecule has 0 saturated carbocycles. The first-order valence-electron chi connectivity index (χ1n) is 10.1. The summed E-state index contributed by atoms with van der Waals surface area (Å²) in [6, 6.07) is 0. The lowest BCUT2D eigenvalue weighted by atomic mass is 9.97. The molecule has 0 radical (unpaired) electrons. The van der Waals surface area contributed by atoms with E-state index in [1.54, 1.807) is 11.3 Å². The van der Waals surface area contributed by atoms with Gasteiger partial charge in [0.1, 0.15) is 10.6 Å². The predicted octanol–water partition coefficient (Wildman–Crippen LogP) is 3.46. The van der Waals surface area contributed by atoms with Gasteiger partial charge in [-0.15, -0.1) is 11.3 Å². The van der Waals surface area contributed by atoms with Gasteiger partial charge >= 0.3 is 6.09 Å². The number of piperidine rings is 1. The second kappa shape index (κ2) is 10.1. The van der Waals surface area contributed by atoms with E-state index in [1.165, 1.54) is 4.88 Å². The molecule has 0 atom stereocenters. The van der Waals surface area contributed by atoms with E-state index in [1.807, 2.05) is 32.6 Å². The van der Waals surface area contributed by atoms with E-state index in [0.717, 1.165) is 55.7 Å². The van der Waals surface area contributed by atoms with Crippen LogP contribution < -0.4 is 10.6 Å². The molecule has 1 amide bonds. The smallest absolute Gasteiger partial charge is 0.410 e. The summed E-state index contributed by atoms with van der Waals surface area (Å²) in [5.41, 5.74) is 0.645. The average Bonchev–Trinajstić information content (AvgIpc) is 2.94. The number of carbonyl (C=O) groups is 1. The van der Waals surface area contributed by atoms with Crippen molar-refractivity contribution in [3.05, 3.63) is 15.6 Å². The number of hydrogen-bond acceptors (Lipinski definition) is 5. The lowest BCUT2D eigenvalue weighted by Gasteiger charge is -2.33. The molecule has 1 aliphatic heterocycles. The first kappa shape index (κ1) is 22.5. The fourth-order valence-corrected chi connectivity index (χ4v) is 3.84. The lowest BCUT2D eigenvalue weighted by molar-refractivity contribution is 0.0185. The van der Waals surface area contributed by atoms with Crippen molar-refractivity contribution in [3.63, 3.8) is 0 Å². The van der Waals surface area contributed by atoms with Gasteiger partial charge in [0, 0.05) is 31.1 Å². The zero-order valence-corrected chi connectivity index (χ0v) is 18.9. The molecule has 1 aliphatic rings. The minimum atomic E-state index is -0.443. The van der Waals surface area contributed by atoms with Crippen LogP contribution in [0.4, 0.5) is 4.79 Å². The largest absolute Gasteiger partial charge is 0.444 e. The summed E-state index contributed by atoms with van der Waals surface area (Å²) < 4.78 is 5.46. The molecule has 28 heavy (non-hydrogen) atoms. The molecule has 7 nitrogen and oxygen atoms in total. The van der Waals surface area contributed by atoms with Crippen LogP contribution in [0.3, 0.4) is 0 Å². The fourth-order valence-electron chi connectivity index (χ4n) is 2.98. The summed E-state index contributed by atoms with van der Waals surface area (Å²) in [4.78, 5) is 24.4. The molecular formula is C20H35N5O2S. The Balaban J connectivity index is 1.79. The van der Waals surface area contributed by atoms with Gasteiger partial charge in [0.15, 0.2) is 5.96 Å². The normalized spacial score (nSPS) is 16.2. The molecule has 0 bridgehead atoms. The van der Waals surface area contributed by atoms with Gasteiger partial charge < -0.3 is 20.3 Å². The highest BCUT2D eigenvalue weighted by Crippen LogP contribution is 2.19. The van der Waals surface area contributed by atoms with Crippen molar-refractivity contribution in [2.75, 3.05) is 26.2 Å². The SMILES string of the molecule is CCNC(=NCc1nc(C)c(C)s1)NCC1CCN(C(=O)OC(C)(C)C)CC1. The number of rotatable bonds is 5. The third kappa shape index (κ3) is 7.30. The molecule has 0 aromatic carbocycles. The van der Waals surface area contributed by atoms with Gasteiger partial charge in [-0.2, -0.15) is 0 Å². The molecule has 2 rings (SSSR count). The molecule has 1 aromatic heterocycles. The standard InChI is InChI=1S/C20H35N5O2S/c1-7-21-18(23-13-17-24-14(2)15(3)28-17)22-12-16-8-10-25(11-9-16)19(26)27-20(4,5)6/h16H,7-13H2,1-6H3,(H2,21,22,23). The Morgan fingerprint density at radius 3 is 2.50 bits per heavy atom. The lowest BCUT2D eigenvalue weighted by Crippen LogP contribution is -2.45. The molecule has 1 saturated heterocycles. The number of thiazole rings is 1. The monoisotopic (exact) mass is 409 g/mol. The summed E-state index contributed by atoms with van der Waals surface area (Å²) in [5, 5.41) is 7.78. The van der Waals surface area contributed by atoms with Gasteiger partial charge in [0.25, 0.3) is 0 Å². The third-order valence-electron chi connectivity index (χ3n) is 4.61. The molecule has 1 fully saturated rings. The molecule has 0 aliphatic carbocycles. The number of amides is 1. The van der Waals surface area contributed by atoms with Crippen LogP contribution in [-0.2, 0) is 11.3 Å². The summed E-state index contributed by atoms with van der Waals surface area (Å²) in [7, 11) is 0. The van der Waals surface area contributed by atoms with E-state index in [2.05, 4.69) is 34.5 Å². The zero-order valence-electron chi connectivity index (χ0n) is 18.1. The van der Waals surface area contributed by atoms with Crippen LogP contribution in [0.15, 0.2) is 4.99 Å². The maximum absolute atomic E-state index is 12.2. The Morgan fingerprint density at radius 1 is 1.29 bits per heavy atom. The molecule has 2 heterocycles. The Hall–Kier alpha value is -1.83. The van der Waals surface area contributed by atoms with Crippen molar-refractivity contribution < 1.29 is 9.53 Å². The van der Waals surface area contributed by atoms with Gasteiger partial charge in [-0.1, -0.05) is 0 Å². The molecule has 2 N–H and O–H groups in total. The number of nitrogens with one attached hydrogen (secondary N) is 2. The minimum absolute atomic E-state index is 0.206. The highest BCUT2D eigenvalue weighted by molar-refractivity contribution is 7.11. The summed E-state index contributed by atoms with van der Waals surface area (Å²) in [6.07, 6.45) is 1.73. The van der Waals surface area contributed by atoms with Gasteiger partial charge in [-0.3, -0.25) is 0 Å². The number of likely N-dealkylation sites (tertiary alicyclic amines) is 1. The van der Waals surface area contributed by atoms with Crippen LogP contribution >= 0.6 is 11.3 Å². The number of ether oxygens (including phenoxy) is 1. The summed E-state index contributed by atoms with van der Waals surface area (Å²) in [5.74, 6) is 1.34. The topological polar surface area (TPSA) is 78.9 Å². The highest BCUT2D eigenvalue weighted by atomic mass is 32.1. The van der Waals surface area contributed by atoms with Crippen LogP contribution in [0.25, 0.3) is 0 Å². The van der Waals surface area contributed by atoms with Crippen LogP contribution in [0.2, 0.25) is 0 Å². The maximum atomic E-state index is 12.2. The highest BCUT2D eigenvalue weighted by Gasteiger charge is 2.26. The molecule has 0 unspecified atom stereocenters. The third-order valence-corrected chi connectivity index (χ3v) is 5.67. The Labute approximate surface area is 173 Å². The molecule has 1 aromatic rings. The fraction of sp³-hybridized carbons (Fsp3) is 0.750. The first-order valence-corrected chi connectivity index (χ1v) is 10.9. The van der Waals surface area contributed by atoms with Crippen molar-refractivity contribution >= 4 is 23.4 Å². The summed E-state index contributed by atoms with van der Waals surface area (Å²) >= 11 is 1.70. The maximum Gasteiger partial charge on any atom is 0.410 e. The van der Waals surface area contributed by atoms with E-state index in [4.69, 9.17) is 4.74 Å². The van der Waals surface area contributed by atoms with Crippen molar-refractivity contribution in [3.8, 4) is 0 Å². The number of carbonyl (C=O) groups excluding carboxylic acids is 1. The van der Waals surface area contributed by atoms with Crippen molar-refractivity contribution in [2.45, 2.75) is 66.5 Å². The molecule has 158 valence electrons. The minimum Gasteiger partial charge on any atom is -0.444 e. The Morgan fingerprint density at radius 2 is 1.96 bits per heavy atom. The average molecular weight is 410 g/mol. The summed E-state index contributed by atoms with van der Waals surface area (Å²) in [6.45, 7) is 15.6. The number of aliphatic imine (C=N–C) groups is 1. The van der Waals surface area contributed by atoms with Crippen molar-refractivity contribution in [1.29, 1.82) is 0 Å². The number of hydrogen-bond donors (Lipinski definition) is 2. The number of guanidine groups is 1. The van der Waals surface area contributed by atoms with E-state index >= 15 is 0 Å². The van der Waals surface area contributed by atoms with E-state index in [0.29, 0.717) is 12.5 Å². The quantitative estimate of drug-likeness (QED) is 0.575. The van der Waals surface area contributed by atoms with E-state index in [9.17, 15) is 4.79 Å².